The zero-order chi connectivity index (χ0) is 7.61. The third-order valence-corrected chi connectivity index (χ3v) is 2.47. The molecule has 0 radical (unpaired) electrons. The standard InChI is InChI=1S/C7H5Br3/c8-7(9,10)6-4-2-1-3-5-6/h1-5H. The van der Waals surface area contributed by atoms with Crippen LogP contribution in [0.5, 0.6) is 0 Å². The molecule has 54 valence electrons. The van der Waals surface area contributed by atoms with Crippen LogP contribution in [-0.2, 0) is 2.14 Å². The van der Waals surface area contributed by atoms with Gasteiger partial charge in [-0.25, -0.2) is 0 Å². The van der Waals surface area contributed by atoms with Gasteiger partial charge in [0.25, 0.3) is 0 Å². The van der Waals surface area contributed by atoms with Crippen LogP contribution in [-0.4, -0.2) is 0 Å². The maximum absolute atomic E-state index is 3.42. The molecule has 0 nitrogen and oxygen atoms in total. The molecule has 0 heterocycles. The smallest absolute Gasteiger partial charge is 0.0622 e. The van der Waals surface area contributed by atoms with Crippen molar-refractivity contribution in [2.45, 2.75) is 2.14 Å². The predicted octanol–water partition coefficient (Wildman–Crippen LogP) is 3.98. The molecule has 0 unspecified atom stereocenters. The number of halogens is 3. The summed E-state index contributed by atoms with van der Waals surface area (Å²) in [6.45, 7) is 0. The Labute approximate surface area is 85.4 Å². The second kappa shape index (κ2) is 3.37. The third-order valence-electron chi connectivity index (χ3n) is 1.10. The Bertz CT molecular complexity index is 200. The molecule has 1 aromatic rings. The number of rotatable bonds is 0. The van der Waals surface area contributed by atoms with Gasteiger partial charge in [0.2, 0.25) is 0 Å². The number of benzene rings is 1. The molecule has 0 aliphatic carbocycles. The SMILES string of the molecule is BrC(Br)(Br)c1ccccc1. The highest BCUT2D eigenvalue weighted by molar-refractivity contribution is 9.38. The third kappa shape index (κ3) is 2.36. The summed E-state index contributed by atoms with van der Waals surface area (Å²) in [6.07, 6.45) is 0. The van der Waals surface area contributed by atoms with Crippen LogP contribution in [0, 0.1) is 0 Å². The lowest BCUT2D eigenvalue weighted by molar-refractivity contribution is 1.37. The van der Waals surface area contributed by atoms with Crippen molar-refractivity contribution in [2.75, 3.05) is 0 Å². The number of hydrogen-bond donors (Lipinski definition) is 0. The summed E-state index contributed by atoms with van der Waals surface area (Å²) < 4.78 is -0.270. The fourth-order valence-electron chi connectivity index (χ4n) is 0.627. The van der Waals surface area contributed by atoms with Crippen LogP contribution in [0.15, 0.2) is 30.3 Å². The van der Waals surface area contributed by atoms with Gasteiger partial charge in [0.1, 0.15) is 0 Å². The molecule has 0 amide bonds. The Morgan fingerprint density at radius 2 is 1.40 bits per heavy atom. The van der Waals surface area contributed by atoms with E-state index >= 15 is 0 Å². The molecular formula is C7H5Br3. The van der Waals surface area contributed by atoms with Crippen LogP contribution in [0.25, 0.3) is 0 Å². The van der Waals surface area contributed by atoms with Gasteiger partial charge < -0.3 is 0 Å². The first-order valence-electron chi connectivity index (χ1n) is 2.73. The molecule has 0 bridgehead atoms. The van der Waals surface area contributed by atoms with Gasteiger partial charge in [0.15, 0.2) is 2.14 Å². The van der Waals surface area contributed by atoms with Crippen molar-refractivity contribution in [1.29, 1.82) is 0 Å². The molecule has 0 N–H and O–H groups in total. The first-order chi connectivity index (χ1) is 4.61. The van der Waals surface area contributed by atoms with E-state index in [0.29, 0.717) is 0 Å². The molecule has 3 heteroatoms. The minimum Gasteiger partial charge on any atom is -0.0622 e. The first-order valence-corrected chi connectivity index (χ1v) is 5.11. The van der Waals surface area contributed by atoms with Crippen molar-refractivity contribution < 1.29 is 0 Å². The highest BCUT2D eigenvalue weighted by Crippen LogP contribution is 2.43. The van der Waals surface area contributed by atoms with Gasteiger partial charge in [0.05, 0.1) is 0 Å². The van der Waals surface area contributed by atoms with Crippen LogP contribution in [0.4, 0.5) is 0 Å². The predicted molar refractivity (Wildman–Crippen MR) is 54.9 cm³/mol. The second-order valence-corrected chi connectivity index (χ2v) is 8.62. The molecule has 0 fully saturated rings. The summed E-state index contributed by atoms with van der Waals surface area (Å²) in [5, 5.41) is 0. The lowest BCUT2D eigenvalue weighted by Gasteiger charge is -2.10. The quantitative estimate of drug-likeness (QED) is 0.632. The van der Waals surface area contributed by atoms with E-state index in [9.17, 15) is 0 Å². The fraction of sp³-hybridized carbons (Fsp3) is 0.143. The molecule has 0 aromatic heterocycles. The van der Waals surface area contributed by atoms with Crippen molar-refractivity contribution in [3.05, 3.63) is 35.9 Å². The average Bonchev–Trinajstić information content (AvgIpc) is 1.88. The molecule has 0 aliphatic heterocycles. The first kappa shape index (κ1) is 8.75. The van der Waals surface area contributed by atoms with E-state index in [0.717, 1.165) is 5.56 Å². The molecule has 0 saturated heterocycles. The summed E-state index contributed by atoms with van der Waals surface area (Å²) in [7, 11) is 0. The van der Waals surface area contributed by atoms with Crippen molar-refractivity contribution in [1.82, 2.24) is 0 Å². The summed E-state index contributed by atoms with van der Waals surface area (Å²) >= 11 is 10.3. The van der Waals surface area contributed by atoms with Gasteiger partial charge in [-0.2, -0.15) is 0 Å². The highest BCUT2D eigenvalue weighted by atomic mass is 80.0. The Balaban J connectivity index is 2.97. The van der Waals surface area contributed by atoms with Gasteiger partial charge in [-0.05, 0) is 5.56 Å². The van der Waals surface area contributed by atoms with E-state index in [-0.39, 0.29) is 2.14 Å². The number of alkyl halides is 3. The van der Waals surface area contributed by atoms with Crippen molar-refractivity contribution >= 4 is 47.8 Å². The van der Waals surface area contributed by atoms with Crippen molar-refractivity contribution in [3.63, 3.8) is 0 Å². The lowest BCUT2D eigenvalue weighted by Crippen LogP contribution is -1.95. The van der Waals surface area contributed by atoms with Crippen LogP contribution in [0.1, 0.15) is 5.56 Å². The van der Waals surface area contributed by atoms with Crippen molar-refractivity contribution in [2.24, 2.45) is 0 Å². The molecule has 0 atom stereocenters. The maximum Gasteiger partial charge on any atom is 0.159 e. The van der Waals surface area contributed by atoms with E-state index in [1.807, 2.05) is 30.3 Å². The van der Waals surface area contributed by atoms with Crippen LogP contribution in [0.2, 0.25) is 0 Å². The van der Waals surface area contributed by atoms with Gasteiger partial charge in [-0.3, -0.25) is 0 Å². The summed E-state index contributed by atoms with van der Waals surface area (Å²) in [5.41, 5.74) is 1.15. The Kier molecular flexibility index (Phi) is 2.95. The molecular weight excluding hydrogens is 324 g/mol. The summed E-state index contributed by atoms with van der Waals surface area (Å²) in [6, 6.07) is 10.0. The van der Waals surface area contributed by atoms with Gasteiger partial charge >= 0.3 is 0 Å². The van der Waals surface area contributed by atoms with Gasteiger partial charge in [0, 0.05) is 0 Å². The van der Waals surface area contributed by atoms with E-state index in [4.69, 9.17) is 0 Å². The molecule has 1 aromatic carbocycles. The highest BCUT2D eigenvalue weighted by Gasteiger charge is 2.19. The Hall–Kier alpha value is 0.660. The van der Waals surface area contributed by atoms with E-state index in [1.54, 1.807) is 0 Å². The monoisotopic (exact) mass is 326 g/mol. The molecule has 1 rings (SSSR count). The van der Waals surface area contributed by atoms with Gasteiger partial charge in [-0.1, -0.05) is 78.1 Å². The van der Waals surface area contributed by atoms with Crippen LogP contribution >= 0.6 is 47.8 Å². The summed E-state index contributed by atoms with van der Waals surface area (Å²) in [4.78, 5) is 0. The zero-order valence-corrected chi connectivity index (χ0v) is 9.78. The van der Waals surface area contributed by atoms with E-state index < -0.39 is 0 Å². The van der Waals surface area contributed by atoms with Gasteiger partial charge in [-0.15, -0.1) is 0 Å². The lowest BCUT2D eigenvalue weighted by atomic mass is 10.2. The van der Waals surface area contributed by atoms with Crippen molar-refractivity contribution in [3.8, 4) is 0 Å². The van der Waals surface area contributed by atoms with E-state index in [2.05, 4.69) is 47.8 Å². The minimum atomic E-state index is -0.270. The number of hydrogen-bond acceptors (Lipinski definition) is 0. The largest absolute Gasteiger partial charge is 0.159 e. The Morgan fingerprint density at radius 1 is 0.900 bits per heavy atom. The normalized spacial score (nSPS) is 11.5. The zero-order valence-electron chi connectivity index (χ0n) is 5.02. The average molecular weight is 329 g/mol. The molecule has 0 spiro atoms. The van der Waals surface area contributed by atoms with Crippen LogP contribution in [0.3, 0.4) is 0 Å². The fourth-order valence-corrected chi connectivity index (χ4v) is 1.42. The minimum absolute atomic E-state index is 0.270. The molecule has 0 aliphatic rings. The topological polar surface area (TPSA) is 0 Å². The molecule has 10 heavy (non-hydrogen) atoms. The maximum atomic E-state index is 3.42. The Morgan fingerprint density at radius 3 is 1.70 bits per heavy atom. The second-order valence-electron chi connectivity index (χ2n) is 1.86. The van der Waals surface area contributed by atoms with E-state index in [1.165, 1.54) is 0 Å². The van der Waals surface area contributed by atoms with Crippen LogP contribution < -0.4 is 0 Å². The molecule has 0 saturated carbocycles. The summed E-state index contributed by atoms with van der Waals surface area (Å²) in [5.74, 6) is 0.